The van der Waals surface area contributed by atoms with Gasteiger partial charge in [0.2, 0.25) is 0 Å². The van der Waals surface area contributed by atoms with Gasteiger partial charge in [-0.2, -0.15) is 0 Å². The number of carbonyl (C=O) groups is 2. The number of Topliss-reactive ketones (excluding diaryl/α,β-unsaturated/α-hetero) is 1. The fourth-order valence-corrected chi connectivity index (χ4v) is 4.26. The maximum Gasteiger partial charge on any atom is 0.295 e. The molecule has 1 amide bonds. The lowest BCUT2D eigenvalue weighted by Gasteiger charge is -2.25. The van der Waals surface area contributed by atoms with E-state index in [0.29, 0.717) is 30.9 Å². The molecule has 1 aliphatic rings. The van der Waals surface area contributed by atoms with Crippen molar-refractivity contribution >= 4 is 29.1 Å². The number of aryl methyl sites for hydroxylation is 1. The molecule has 1 atom stereocenters. The number of nitrogens with zero attached hydrogens (tertiary/aromatic N) is 3. The number of benzene rings is 2. The van der Waals surface area contributed by atoms with Crippen molar-refractivity contribution in [3.8, 4) is 5.75 Å². The molecule has 1 saturated heterocycles. The van der Waals surface area contributed by atoms with E-state index >= 15 is 0 Å². The molecule has 2 heterocycles. The minimum Gasteiger partial charge on any atom is -0.507 e. The molecule has 1 aromatic heterocycles. The summed E-state index contributed by atoms with van der Waals surface area (Å²) in [5.41, 5.74) is 0.721. The summed E-state index contributed by atoms with van der Waals surface area (Å²) < 4.78 is 20.9. The van der Waals surface area contributed by atoms with Crippen molar-refractivity contribution in [1.29, 1.82) is 0 Å². The smallest absolute Gasteiger partial charge is 0.295 e. The van der Waals surface area contributed by atoms with Crippen molar-refractivity contribution in [2.24, 2.45) is 0 Å². The Bertz CT molecular complexity index is 1230. The Balaban J connectivity index is 1.73. The first-order chi connectivity index (χ1) is 16.4. The molecule has 0 unspecified atom stereocenters. The van der Waals surface area contributed by atoms with E-state index in [2.05, 4.69) is 4.98 Å². The van der Waals surface area contributed by atoms with Gasteiger partial charge in [-0.05, 0) is 49.2 Å². The predicted molar refractivity (Wildman–Crippen MR) is 125 cm³/mol. The average molecular weight is 484 g/mol. The van der Waals surface area contributed by atoms with Crippen LogP contribution in [-0.2, 0) is 16.1 Å². The van der Waals surface area contributed by atoms with E-state index < -0.39 is 23.5 Å². The highest BCUT2D eigenvalue weighted by Gasteiger charge is 2.45. The van der Waals surface area contributed by atoms with Crippen LogP contribution in [0.2, 0.25) is 5.02 Å². The van der Waals surface area contributed by atoms with Gasteiger partial charge in [0.15, 0.2) is 0 Å². The summed E-state index contributed by atoms with van der Waals surface area (Å²) >= 11 is 6.27. The molecule has 0 radical (unpaired) electrons. The van der Waals surface area contributed by atoms with Gasteiger partial charge in [-0.3, -0.25) is 9.59 Å². The number of aliphatic hydroxyl groups is 1. The molecule has 0 bridgehead atoms. The predicted octanol–water partition coefficient (Wildman–Crippen LogP) is 4.59. The lowest BCUT2D eigenvalue weighted by atomic mass is 9.95. The molecule has 34 heavy (non-hydrogen) atoms. The number of ether oxygens (including phenoxy) is 1. The van der Waals surface area contributed by atoms with Gasteiger partial charge >= 0.3 is 0 Å². The average Bonchev–Trinajstić information content (AvgIpc) is 3.43. The molecule has 7 nitrogen and oxygen atoms in total. The topological polar surface area (TPSA) is 84.7 Å². The van der Waals surface area contributed by atoms with Crippen LogP contribution in [0.3, 0.4) is 0 Å². The fraction of sp³-hybridized carbons (Fsp3) is 0.240. The molecule has 1 aliphatic heterocycles. The molecule has 4 rings (SSSR count). The third-order valence-corrected chi connectivity index (χ3v) is 5.90. The molecule has 9 heteroatoms. The molecule has 1 fully saturated rings. The summed E-state index contributed by atoms with van der Waals surface area (Å²) in [6, 6.07) is 9.31. The molecule has 0 spiro atoms. The Kier molecular flexibility index (Phi) is 6.98. The monoisotopic (exact) mass is 483 g/mol. The van der Waals surface area contributed by atoms with Gasteiger partial charge in [0.05, 0.1) is 29.6 Å². The molecule has 0 saturated carbocycles. The second kappa shape index (κ2) is 10.1. The van der Waals surface area contributed by atoms with Crippen LogP contribution in [0.5, 0.6) is 5.75 Å². The highest BCUT2D eigenvalue weighted by atomic mass is 35.5. The Morgan fingerprint density at radius 1 is 1.18 bits per heavy atom. The van der Waals surface area contributed by atoms with Gasteiger partial charge in [0.1, 0.15) is 17.3 Å². The van der Waals surface area contributed by atoms with Gasteiger partial charge in [-0.25, -0.2) is 9.37 Å². The zero-order chi connectivity index (χ0) is 24.2. The maximum atomic E-state index is 13.6. The highest BCUT2D eigenvalue weighted by molar-refractivity contribution is 6.46. The summed E-state index contributed by atoms with van der Waals surface area (Å²) in [6.45, 7) is 3.08. The van der Waals surface area contributed by atoms with Crippen molar-refractivity contribution in [3.05, 3.63) is 88.7 Å². The summed E-state index contributed by atoms with van der Waals surface area (Å²) in [6.07, 6.45) is 5.69. The number of aromatic nitrogens is 2. The van der Waals surface area contributed by atoms with Crippen LogP contribution >= 0.6 is 11.6 Å². The number of aliphatic hydroxyl groups excluding tert-OH is 1. The standard InChI is InChI=1S/C25H23ClFN3O4/c1-2-34-20-9-6-17(14-19(20)26)23(31)21-22(16-4-7-18(27)8-5-16)30(25(33)24(21)32)12-3-11-29-13-10-28-15-29/h4-10,13-15,22,31H,2-3,11-12H2,1H3/t22-/m1/s1. The quantitative estimate of drug-likeness (QED) is 0.288. The van der Waals surface area contributed by atoms with Crippen molar-refractivity contribution < 1.29 is 23.8 Å². The first kappa shape index (κ1) is 23.5. The number of halogens is 2. The van der Waals surface area contributed by atoms with Gasteiger partial charge in [-0.1, -0.05) is 23.7 Å². The molecular formula is C25H23ClFN3O4. The Labute approximate surface area is 201 Å². The normalized spacial score (nSPS) is 17.4. The molecule has 1 N–H and O–H groups in total. The molecule has 2 aromatic carbocycles. The first-order valence-corrected chi connectivity index (χ1v) is 11.2. The molecule has 0 aliphatic carbocycles. The molecule has 176 valence electrons. The number of amides is 1. The van der Waals surface area contributed by atoms with E-state index in [4.69, 9.17) is 16.3 Å². The van der Waals surface area contributed by atoms with Gasteiger partial charge in [0, 0.05) is 31.0 Å². The lowest BCUT2D eigenvalue weighted by Crippen LogP contribution is -2.31. The second-order valence-electron chi connectivity index (χ2n) is 7.78. The number of hydrogen-bond acceptors (Lipinski definition) is 5. The number of imidazole rings is 1. The zero-order valence-corrected chi connectivity index (χ0v) is 19.2. The van der Waals surface area contributed by atoms with Crippen molar-refractivity contribution in [2.75, 3.05) is 13.2 Å². The molecule has 3 aromatic rings. The SMILES string of the molecule is CCOc1ccc(C(O)=C2C(=O)C(=O)N(CCCn3ccnc3)[C@@H]2c2ccc(F)cc2)cc1Cl. The van der Waals surface area contributed by atoms with Crippen LogP contribution in [0.25, 0.3) is 5.76 Å². The highest BCUT2D eigenvalue weighted by Crippen LogP contribution is 2.40. The molecular weight excluding hydrogens is 461 g/mol. The van der Waals surface area contributed by atoms with E-state index in [9.17, 15) is 19.1 Å². The van der Waals surface area contributed by atoms with Crippen LogP contribution in [0.4, 0.5) is 4.39 Å². The number of carbonyl (C=O) groups excluding carboxylic acids is 2. The summed E-state index contributed by atoms with van der Waals surface area (Å²) in [7, 11) is 0. The van der Waals surface area contributed by atoms with Crippen molar-refractivity contribution in [1.82, 2.24) is 14.5 Å². The van der Waals surface area contributed by atoms with E-state index in [1.54, 1.807) is 30.9 Å². The number of hydrogen-bond donors (Lipinski definition) is 1. The summed E-state index contributed by atoms with van der Waals surface area (Å²) in [4.78, 5) is 31.5. The third-order valence-electron chi connectivity index (χ3n) is 5.61. The van der Waals surface area contributed by atoms with E-state index in [1.807, 2.05) is 11.5 Å². The minimum atomic E-state index is -0.867. The van der Waals surface area contributed by atoms with E-state index in [-0.39, 0.29) is 28.5 Å². The fourth-order valence-electron chi connectivity index (χ4n) is 4.02. The number of rotatable bonds is 8. The van der Waals surface area contributed by atoms with Gasteiger partial charge < -0.3 is 19.3 Å². The summed E-state index contributed by atoms with van der Waals surface area (Å²) in [5.74, 6) is -1.89. The maximum absolute atomic E-state index is 13.6. The van der Waals surface area contributed by atoms with Crippen LogP contribution in [0, 0.1) is 5.82 Å². The summed E-state index contributed by atoms with van der Waals surface area (Å²) in [5, 5.41) is 11.4. The minimum absolute atomic E-state index is 0.0699. The van der Waals surface area contributed by atoms with E-state index in [1.165, 1.54) is 35.2 Å². The zero-order valence-electron chi connectivity index (χ0n) is 18.4. The van der Waals surface area contributed by atoms with Gasteiger partial charge in [0.25, 0.3) is 11.7 Å². The lowest BCUT2D eigenvalue weighted by molar-refractivity contribution is -0.139. The largest absolute Gasteiger partial charge is 0.507 e. The van der Waals surface area contributed by atoms with Crippen LogP contribution in [0.15, 0.2) is 66.8 Å². The van der Waals surface area contributed by atoms with Crippen molar-refractivity contribution in [3.63, 3.8) is 0 Å². The number of ketones is 1. The first-order valence-electron chi connectivity index (χ1n) is 10.8. The van der Waals surface area contributed by atoms with E-state index in [0.717, 1.165) is 0 Å². The third kappa shape index (κ3) is 4.68. The van der Waals surface area contributed by atoms with Crippen LogP contribution in [0.1, 0.15) is 30.5 Å². The Hall–Kier alpha value is -3.65. The second-order valence-corrected chi connectivity index (χ2v) is 8.18. The van der Waals surface area contributed by atoms with Crippen LogP contribution in [-0.4, -0.2) is 44.4 Å². The number of likely N-dealkylation sites (tertiary alicyclic amines) is 1. The van der Waals surface area contributed by atoms with Crippen molar-refractivity contribution in [2.45, 2.75) is 25.9 Å². The Morgan fingerprint density at radius 2 is 1.94 bits per heavy atom. The van der Waals surface area contributed by atoms with Crippen LogP contribution < -0.4 is 4.74 Å². The Morgan fingerprint density at radius 3 is 2.59 bits per heavy atom. The van der Waals surface area contributed by atoms with Gasteiger partial charge in [-0.15, -0.1) is 0 Å².